The first-order valence-electron chi connectivity index (χ1n) is 12.1. The zero-order chi connectivity index (χ0) is 26.4. The molecule has 1 amide bonds. The van der Waals surface area contributed by atoms with Crippen molar-refractivity contribution in [1.29, 1.82) is 0 Å². The van der Waals surface area contributed by atoms with Crippen LogP contribution in [0.2, 0.25) is 0 Å². The number of aryl methyl sites for hydroxylation is 1. The van der Waals surface area contributed by atoms with E-state index in [1.807, 2.05) is 13.1 Å². The molecule has 9 nitrogen and oxygen atoms in total. The Hall–Kier alpha value is -4.32. The second-order valence-corrected chi connectivity index (χ2v) is 9.51. The molecule has 0 unspecified atom stereocenters. The number of pyridine rings is 2. The zero-order valence-corrected chi connectivity index (χ0v) is 20.3. The maximum atomic E-state index is 13.0. The normalized spacial score (nSPS) is 18.7. The molecule has 2 fully saturated rings. The van der Waals surface area contributed by atoms with Gasteiger partial charge in [-0.1, -0.05) is 11.3 Å². The molecule has 4 aromatic rings. The van der Waals surface area contributed by atoms with Crippen LogP contribution in [0.3, 0.4) is 0 Å². The van der Waals surface area contributed by atoms with Crippen molar-refractivity contribution in [2.45, 2.75) is 31.6 Å². The lowest BCUT2D eigenvalue weighted by atomic mass is 10.1. The number of fused-ring (bicyclic) bond motifs is 2. The molecule has 12 heteroatoms. The van der Waals surface area contributed by atoms with Crippen LogP contribution in [0.5, 0.6) is 0 Å². The van der Waals surface area contributed by atoms with Gasteiger partial charge in [-0.3, -0.25) is 9.78 Å². The summed E-state index contributed by atoms with van der Waals surface area (Å²) in [6.07, 6.45) is 2.96. The molecular formula is C26H23F3N8O. The van der Waals surface area contributed by atoms with Crippen LogP contribution < -0.4 is 15.5 Å². The van der Waals surface area contributed by atoms with Gasteiger partial charge in [-0.2, -0.15) is 13.2 Å². The van der Waals surface area contributed by atoms with E-state index in [2.05, 4.69) is 41.9 Å². The highest BCUT2D eigenvalue weighted by atomic mass is 19.4. The standard InChI is InChI=1S/C26H23F3N8O/c1-15-2-3-16(25(38)33-24-8-18(4-5-31-24)26(27,28)29)7-23(15)37-14-22(34-35-37)17-6-20(11-30-10-17)36-13-19-9-21(36)12-32-19/h2-8,10-11,14,19,21,32H,9,12-13H2,1H3,(H,31,33,38)/t19-,21+/m1/s1. The predicted molar refractivity (Wildman–Crippen MR) is 134 cm³/mol. The first-order chi connectivity index (χ1) is 18.2. The number of rotatable bonds is 5. The van der Waals surface area contributed by atoms with Crippen molar-refractivity contribution in [3.05, 3.63) is 77.9 Å². The van der Waals surface area contributed by atoms with Gasteiger partial charge in [0.25, 0.3) is 5.91 Å². The molecule has 194 valence electrons. The smallest absolute Gasteiger partial charge is 0.364 e. The fourth-order valence-corrected chi connectivity index (χ4v) is 4.98. The van der Waals surface area contributed by atoms with Crippen LogP contribution in [-0.2, 0) is 6.18 Å². The summed E-state index contributed by atoms with van der Waals surface area (Å²) in [4.78, 5) is 23.4. The number of benzene rings is 1. The SMILES string of the molecule is Cc1ccc(C(=O)Nc2cc(C(F)(F)F)ccn2)cc1-n1cc(-c2cncc(N3C[C@H]4C[C@H]3CN4)c2)nn1. The maximum Gasteiger partial charge on any atom is 0.416 e. The monoisotopic (exact) mass is 520 g/mol. The van der Waals surface area contributed by atoms with E-state index in [0.717, 1.165) is 54.7 Å². The highest BCUT2D eigenvalue weighted by Gasteiger charge is 2.37. The fourth-order valence-electron chi connectivity index (χ4n) is 4.98. The Balaban J connectivity index is 1.23. The summed E-state index contributed by atoms with van der Waals surface area (Å²) < 4.78 is 40.6. The van der Waals surface area contributed by atoms with Crippen LogP contribution >= 0.6 is 0 Å². The van der Waals surface area contributed by atoms with Gasteiger partial charge in [0.05, 0.1) is 29.3 Å². The quantitative estimate of drug-likeness (QED) is 0.412. The number of carbonyl (C=O) groups is 1. The molecule has 2 N–H and O–H groups in total. The third-order valence-electron chi connectivity index (χ3n) is 6.95. The van der Waals surface area contributed by atoms with Crippen molar-refractivity contribution >= 4 is 17.4 Å². The number of alkyl halides is 3. The molecule has 2 bridgehead atoms. The lowest BCUT2D eigenvalue weighted by Gasteiger charge is -2.29. The van der Waals surface area contributed by atoms with Gasteiger partial charge in [0.1, 0.15) is 11.5 Å². The Bertz CT molecular complexity index is 1520. The van der Waals surface area contributed by atoms with Crippen molar-refractivity contribution in [1.82, 2.24) is 30.3 Å². The van der Waals surface area contributed by atoms with E-state index in [1.165, 1.54) is 0 Å². The Labute approximate surface area is 215 Å². The van der Waals surface area contributed by atoms with Crippen molar-refractivity contribution in [2.75, 3.05) is 23.3 Å². The summed E-state index contributed by atoms with van der Waals surface area (Å²) in [5.74, 6) is -0.783. The third kappa shape index (κ3) is 4.58. The van der Waals surface area contributed by atoms with E-state index in [1.54, 1.807) is 35.3 Å². The number of carbonyl (C=O) groups excluding carboxylic acids is 1. The fraction of sp³-hybridized carbons (Fsp3) is 0.269. The number of hydrogen-bond donors (Lipinski definition) is 2. The molecule has 2 aliphatic heterocycles. The van der Waals surface area contributed by atoms with E-state index in [0.29, 0.717) is 23.5 Å². The molecule has 0 radical (unpaired) electrons. The van der Waals surface area contributed by atoms with Crippen LogP contribution in [0.1, 0.15) is 27.9 Å². The average molecular weight is 521 g/mol. The Morgan fingerprint density at radius 2 is 2.03 bits per heavy atom. The molecule has 6 rings (SSSR count). The van der Waals surface area contributed by atoms with E-state index in [-0.39, 0.29) is 11.4 Å². The summed E-state index contributed by atoms with van der Waals surface area (Å²) in [6, 6.07) is 9.62. The second kappa shape index (κ2) is 9.21. The highest BCUT2D eigenvalue weighted by Crippen LogP contribution is 2.32. The molecule has 1 aromatic carbocycles. The number of halogens is 3. The maximum absolute atomic E-state index is 13.0. The summed E-state index contributed by atoms with van der Waals surface area (Å²) in [7, 11) is 0. The molecule has 3 aromatic heterocycles. The van der Waals surface area contributed by atoms with Gasteiger partial charge in [0.2, 0.25) is 0 Å². The number of anilines is 2. The van der Waals surface area contributed by atoms with Gasteiger partial charge in [0, 0.05) is 48.7 Å². The van der Waals surface area contributed by atoms with Gasteiger partial charge in [-0.25, -0.2) is 9.67 Å². The molecule has 5 heterocycles. The molecular weight excluding hydrogens is 497 g/mol. The minimum Gasteiger partial charge on any atom is -0.364 e. The molecule has 2 saturated heterocycles. The molecule has 0 aliphatic carbocycles. The van der Waals surface area contributed by atoms with Crippen LogP contribution in [0.25, 0.3) is 16.9 Å². The largest absolute Gasteiger partial charge is 0.416 e. The molecule has 0 spiro atoms. The van der Waals surface area contributed by atoms with E-state index in [4.69, 9.17) is 0 Å². The number of hydrogen-bond acceptors (Lipinski definition) is 7. The van der Waals surface area contributed by atoms with Crippen molar-refractivity contribution < 1.29 is 18.0 Å². The van der Waals surface area contributed by atoms with Crippen LogP contribution in [0.15, 0.2) is 61.2 Å². The number of aromatic nitrogens is 5. The first-order valence-corrected chi connectivity index (χ1v) is 12.1. The minimum absolute atomic E-state index is 0.190. The number of nitrogens with zero attached hydrogens (tertiary/aromatic N) is 6. The Kier molecular flexibility index (Phi) is 5.83. The highest BCUT2D eigenvalue weighted by molar-refractivity contribution is 6.04. The van der Waals surface area contributed by atoms with Gasteiger partial charge in [-0.15, -0.1) is 5.10 Å². The molecule has 2 aliphatic rings. The van der Waals surface area contributed by atoms with Crippen LogP contribution in [0, 0.1) is 6.92 Å². The molecule has 0 saturated carbocycles. The van der Waals surface area contributed by atoms with Gasteiger partial charge in [0.15, 0.2) is 0 Å². The van der Waals surface area contributed by atoms with E-state index in [9.17, 15) is 18.0 Å². The third-order valence-corrected chi connectivity index (χ3v) is 6.95. The lowest BCUT2D eigenvalue weighted by molar-refractivity contribution is -0.137. The number of piperazine rings is 1. The van der Waals surface area contributed by atoms with E-state index < -0.39 is 17.6 Å². The Morgan fingerprint density at radius 1 is 1.16 bits per heavy atom. The summed E-state index contributed by atoms with van der Waals surface area (Å²) in [5.41, 5.74) is 3.29. The van der Waals surface area contributed by atoms with Gasteiger partial charge in [-0.05, 0) is 49.2 Å². The first kappa shape index (κ1) is 24.0. The van der Waals surface area contributed by atoms with Crippen molar-refractivity contribution in [3.63, 3.8) is 0 Å². The van der Waals surface area contributed by atoms with Gasteiger partial charge < -0.3 is 15.5 Å². The summed E-state index contributed by atoms with van der Waals surface area (Å²) >= 11 is 0. The molecule has 2 atom stereocenters. The number of nitrogens with one attached hydrogen (secondary N) is 2. The zero-order valence-electron chi connectivity index (χ0n) is 20.3. The average Bonchev–Trinajstić information content (AvgIpc) is 3.67. The molecule has 38 heavy (non-hydrogen) atoms. The second-order valence-electron chi connectivity index (χ2n) is 9.51. The summed E-state index contributed by atoms with van der Waals surface area (Å²) in [6.45, 7) is 3.79. The summed E-state index contributed by atoms with van der Waals surface area (Å²) in [5, 5.41) is 14.5. The van der Waals surface area contributed by atoms with Crippen LogP contribution in [-0.4, -0.2) is 56.0 Å². The predicted octanol–water partition coefficient (Wildman–Crippen LogP) is 3.85. The topological polar surface area (TPSA) is 101 Å². The van der Waals surface area contributed by atoms with Crippen molar-refractivity contribution in [2.24, 2.45) is 0 Å². The van der Waals surface area contributed by atoms with Gasteiger partial charge >= 0.3 is 6.18 Å². The van der Waals surface area contributed by atoms with Crippen molar-refractivity contribution in [3.8, 4) is 16.9 Å². The lowest BCUT2D eigenvalue weighted by Crippen LogP contribution is -2.43. The van der Waals surface area contributed by atoms with E-state index >= 15 is 0 Å². The van der Waals surface area contributed by atoms with Crippen LogP contribution in [0.4, 0.5) is 24.7 Å². The number of amides is 1. The Morgan fingerprint density at radius 3 is 2.79 bits per heavy atom. The minimum atomic E-state index is -4.54.